The Morgan fingerprint density at radius 3 is 2.94 bits per heavy atom. The lowest BCUT2D eigenvalue weighted by molar-refractivity contribution is 0.521. The summed E-state index contributed by atoms with van der Waals surface area (Å²) in [4.78, 5) is 0. The fraction of sp³-hybridized carbons (Fsp3) is 0.444. The SMILES string of the molecule is [I][AlH][c]1nnc2ccc(SC3CCC3)nn12. The van der Waals surface area contributed by atoms with Crippen LogP contribution in [0.15, 0.2) is 17.2 Å². The zero-order chi connectivity index (χ0) is 11.0. The van der Waals surface area contributed by atoms with E-state index in [1.54, 1.807) is 0 Å². The molecule has 4 nitrogen and oxygen atoms in total. The summed E-state index contributed by atoms with van der Waals surface area (Å²) < 4.78 is 2.98. The highest BCUT2D eigenvalue weighted by Gasteiger charge is 2.19. The Labute approximate surface area is 115 Å². The first-order valence-corrected chi connectivity index (χ1v) is 12.0. The van der Waals surface area contributed by atoms with Crippen LogP contribution in [0.3, 0.4) is 0 Å². The van der Waals surface area contributed by atoms with Crippen LogP contribution in [-0.4, -0.2) is 37.0 Å². The van der Waals surface area contributed by atoms with Gasteiger partial charge in [-0.1, -0.05) is 6.42 Å². The maximum atomic E-state index is 4.61. The molecule has 1 saturated carbocycles. The number of hydrogen-bond acceptors (Lipinski definition) is 4. The summed E-state index contributed by atoms with van der Waals surface area (Å²) in [5.74, 6) is 0. The largest absolute Gasteiger partial charge is 0.438 e. The van der Waals surface area contributed by atoms with Gasteiger partial charge in [-0.05, 0) is 25.0 Å². The van der Waals surface area contributed by atoms with Crippen molar-refractivity contribution in [2.24, 2.45) is 0 Å². The number of aromatic nitrogens is 4. The summed E-state index contributed by atoms with van der Waals surface area (Å²) >= 11 is 3.98. The van der Waals surface area contributed by atoms with Gasteiger partial charge >= 0.3 is 11.9 Å². The smallest absolute Gasteiger partial charge is 0.214 e. The van der Waals surface area contributed by atoms with Crippen molar-refractivity contribution in [1.82, 2.24) is 19.8 Å². The van der Waals surface area contributed by atoms with Crippen LogP contribution in [0.4, 0.5) is 0 Å². The van der Waals surface area contributed by atoms with Crippen molar-refractivity contribution in [3.05, 3.63) is 12.1 Å². The van der Waals surface area contributed by atoms with E-state index in [1.807, 2.05) is 22.3 Å². The zero-order valence-corrected chi connectivity index (χ0v) is 13.0. The van der Waals surface area contributed by atoms with Crippen molar-refractivity contribution in [1.29, 1.82) is 0 Å². The molecule has 0 aromatic carbocycles. The minimum Gasteiger partial charge on any atom is -0.214 e. The molecular weight excluding hydrogens is 350 g/mol. The van der Waals surface area contributed by atoms with Crippen molar-refractivity contribution in [3.8, 4) is 0 Å². The molecule has 1 aliphatic carbocycles. The van der Waals surface area contributed by atoms with Crippen LogP contribution in [0, 0.1) is 0 Å². The van der Waals surface area contributed by atoms with Gasteiger partial charge in [-0.15, -0.1) is 16.9 Å². The van der Waals surface area contributed by atoms with E-state index in [0.29, 0.717) is 0 Å². The Hall–Kier alpha value is 0.162. The Morgan fingerprint density at radius 2 is 2.25 bits per heavy atom. The van der Waals surface area contributed by atoms with Gasteiger partial charge in [0.1, 0.15) is 5.03 Å². The van der Waals surface area contributed by atoms with E-state index in [-0.39, 0.29) is 11.9 Å². The van der Waals surface area contributed by atoms with Crippen molar-refractivity contribution in [2.45, 2.75) is 29.5 Å². The summed E-state index contributed by atoms with van der Waals surface area (Å²) in [7, 11) is 0. The van der Waals surface area contributed by atoms with Gasteiger partial charge in [-0.2, -0.15) is 10.2 Å². The van der Waals surface area contributed by atoms with E-state index in [4.69, 9.17) is 0 Å². The van der Waals surface area contributed by atoms with Gasteiger partial charge in [0, 0.05) is 5.25 Å². The molecular formula is C9H10AlIN4S. The highest BCUT2D eigenvalue weighted by molar-refractivity contribution is 14.1. The summed E-state index contributed by atoms with van der Waals surface area (Å²) in [5, 5.41) is 14.8. The zero-order valence-electron chi connectivity index (χ0n) is 8.64. The van der Waals surface area contributed by atoms with E-state index in [2.05, 4.69) is 41.6 Å². The number of rotatable bonds is 3. The predicted octanol–water partition coefficient (Wildman–Crippen LogP) is 1.18. The van der Waals surface area contributed by atoms with Gasteiger partial charge in [0.15, 0.2) is 5.65 Å². The molecule has 7 heteroatoms. The van der Waals surface area contributed by atoms with Gasteiger partial charge < -0.3 is 0 Å². The first-order valence-electron chi connectivity index (χ1n) is 5.31. The summed E-state index contributed by atoms with van der Waals surface area (Å²) in [6, 6.07) is 4.08. The third kappa shape index (κ3) is 2.10. The molecule has 0 amide bonds. The summed E-state index contributed by atoms with van der Waals surface area (Å²) in [6.07, 6.45) is 4.04. The lowest BCUT2D eigenvalue weighted by atomic mass is 10.0. The molecule has 0 N–H and O–H groups in total. The Morgan fingerprint density at radius 1 is 1.38 bits per heavy atom. The van der Waals surface area contributed by atoms with E-state index in [9.17, 15) is 0 Å². The highest BCUT2D eigenvalue weighted by atomic mass is 127. The maximum Gasteiger partial charge on any atom is 0.438 e. The third-order valence-electron chi connectivity index (χ3n) is 2.76. The second-order valence-corrected chi connectivity index (χ2v) is 8.37. The number of hydrogen-bond donors (Lipinski definition) is 0. The molecule has 0 unspecified atom stereocenters. The monoisotopic (exact) mass is 360 g/mol. The van der Waals surface area contributed by atoms with Crippen LogP contribution in [0.5, 0.6) is 0 Å². The van der Waals surface area contributed by atoms with Crippen molar-refractivity contribution < 1.29 is 0 Å². The fourth-order valence-corrected chi connectivity index (χ4v) is 4.71. The normalized spacial score (nSPS) is 16.3. The quantitative estimate of drug-likeness (QED) is 0.609. The van der Waals surface area contributed by atoms with Crippen molar-refractivity contribution in [2.75, 3.05) is 0 Å². The second-order valence-electron chi connectivity index (χ2n) is 3.86. The van der Waals surface area contributed by atoms with E-state index in [1.165, 1.54) is 19.3 Å². The second kappa shape index (κ2) is 4.80. The van der Waals surface area contributed by atoms with Gasteiger partial charge in [0.2, 0.25) is 0 Å². The number of thioether (sulfide) groups is 1. The van der Waals surface area contributed by atoms with Crippen LogP contribution < -0.4 is 4.69 Å². The van der Waals surface area contributed by atoms with Crippen LogP contribution in [-0.2, 0) is 0 Å². The molecule has 16 heavy (non-hydrogen) atoms. The predicted molar refractivity (Wildman–Crippen MR) is 75.1 cm³/mol. The molecule has 2 aromatic heterocycles. The van der Waals surface area contributed by atoms with Crippen LogP contribution in [0.25, 0.3) is 5.65 Å². The van der Waals surface area contributed by atoms with Crippen LogP contribution in [0.1, 0.15) is 19.3 Å². The first kappa shape index (κ1) is 11.3. The molecule has 0 aliphatic heterocycles. The molecule has 2 aromatic rings. The lowest BCUT2D eigenvalue weighted by Crippen LogP contribution is -2.20. The average molecular weight is 360 g/mol. The van der Waals surface area contributed by atoms with Crippen molar-refractivity contribution in [3.63, 3.8) is 0 Å². The number of nitrogens with zero attached hydrogens (tertiary/aromatic N) is 4. The van der Waals surface area contributed by atoms with Gasteiger partial charge in [0.05, 0.1) is 4.69 Å². The Balaban J connectivity index is 1.93. The Kier molecular flexibility index (Phi) is 3.38. The summed E-state index contributed by atoms with van der Waals surface area (Å²) in [6.45, 7) is 0. The van der Waals surface area contributed by atoms with Crippen LogP contribution in [0.2, 0.25) is 0 Å². The van der Waals surface area contributed by atoms with E-state index in [0.717, 1.165) is 20.6 Å². The topological polar surface area (TPSA) is 43.1 Å². The van der Waals surface area contributed by atoms with E-state index >= 15 is 0 Å². The first-order chi connectivity index (χ1) is 7.86. The molecule has 82 valence electrons. The summed E-state index contributed by atoms with van der Waals surface area (Å²) in [5.41, 5.74) is 0.872. The molecule has 2 heterocycles. The third-order valence-corrected chi connectivity index (χ3v) is 6.75. The maximum absolute atomic E-state index is 4.61. The lowest BCUT2D eigenvalue weighted by Gasteiger charge is -2.23. The van der Waals surface area contributed by atoms with Crippen molar-refractivity contribution >= 4 is 54.3 Å². The molecule has 0 saturated heterocycles. The molecule has 3 rings (SSSR count). The molecule has 1 fully saturated rings. The number of fused-ring (bicyclic) bond motifs is 1. The molecule has 1 aliphatic rings. The average Bonchev–Trinajstić information content (AvgIpc) is 2.65. The Bertz CT molecular complexity index is 513. The molecule has 0 bridgehead atoms. The minimum atomic E-state index is -0.335. The minimum absolute atomic E-state index is 0.335. The standard InChI is InChI=1S/C9H9N4S.Al.HI.H/c1-2-7(3-1)14-9-5-4-8-11-10-6-13(8)12-9;;;/h4-5,7H,1-3H2;;1H;/q;+1;;/p-1. The van der Waals surface area contributed by atoms with Gasteiger partial charge in [-0.3, -0.25) is 0 Å². The van der Waals surface area contributed by atoms with Crippen LogP contribution >= 0.6 is 32.0 Å². The van der Waals surface area contributed by atoms with Gasteiger partial charge in [0.25, 0.3) is 0 Å². The van der Waals surface area contributed by atoms with E-state index < -0.39 is 0 Å². The molecule has 0 spiro atoms. The molecule has 0 atom stereocenters. The fourth-order valence-electron chi connectivity index (χ4n) is 1.62. The molecule has 0 radical (unpaired) electrons. The highest BCUT2D eigenvalue weighted by Crippen LogP contribution is 2.35. The van der Waals surface area contributed by atoms with Gasteiger partial charge in [-0.25, -0.2) is 24.8 Å². The number of halogens is 1.